The number of anilines is 1. The first-order valence-corrected chi connectivity index (χ1v) is 6.95. The van der Waals surface area contributed by atoms with E-state index in [1.807, 2.05) is 0 Å². The molecule has 1 amide bonds. The van der Waals surface area contributed by atoms with Crippen LogP contribution in [0.2, 0.25) is 5.02 Å². The van der Waals surface area contributed by atoms with Crippen molar-refractivity contribution in [1.29, 1.82) is 0 Å². The molecule has 0 radical (unpaired) electrons. The van der Waals surface area contributed by atoms with E-state index in [9.17, 15) is 9.18 Å². The van der Waals surface area contributed by atoms with E-state index in [2.05, 4.69) is 5.92 Å². The van der Waals surface area contributed by atoms with Crippen LogP contribution in [0.4, 0.5) is 10.1 Å². The number of nitrogens with two attached hydrogens (primary N) is 1. The van der Waals surface area contributed by atoms with Crippen LogP contribution in [0, 0.1) is 18.2 Å². The summed E-state index contributed by atoms with van der Waals surface area (Å²) in [6.45, 7) is 0. The Hall–Kier alpha value is -2.55. The van der Waals surface area contributed by atoms with Crippen molar-refractivity contribution in [2.75, 3.05) is 19.9 Å². The van der Waals surface area contributed by atoms with Crippen molar-refractivity contribution in [3.63, 3.8) is 0 Å². The number of carbonyl (C=O) groups excluding carboxylic acids is 1. The molecule has 0 atom stereocenters. The minimum atomic E-state index is -0.482. The molecule has 0 spiro atoms. The molecule has 23 heavy (non-hydrogen) atoms. The number of amides is 1. The molecular weight excluding hydrogens is 319 g/mol. The highest BCUT2D eigenvalue weighted by Crippen LogP contribution is 2.37. The number of nitrogen functional groups attached to an aromatic ring is 1. The van der Waals surface area contributed by atoms with Gasteiger partial charge in [0.05, 0.1) is 28.9 Å². The average molecular weight is 333 g/mol. The number of benzene rings is 2. The highest BCUT2D eigenvalue weighted by Gasteiger charge is 2.23. The van der Waals surface area contributed by atoms with Crippen LogP contribution in [-0.2, 0) is 4.84 Å². The minimum absolute atomic E-state index is 0.137. The second-order valence-corrected chi connectivity index (χ2v) is 5.12. The van der Waals surface area contributed by atoms with Gasteiger partial charge in [0, 0.05) is 12.6 Å². The van der Waals surface area contributed by atoms with Crippen LogP contribution in [0.25, 0.3) is 11.1 Å². The smallest absolute Gasteiger partial charge is 0.277 e. The summed E-state index contributed by atoms with van der Waals surface area (Å²) in [5, 5.41) is 1.18. The maximum atomic E-state index is 13.6. The average Bonchev–Trinajstić information content (AvgIpc) is 2.53. The van der Waals surface area contributed by atoms with Crippen LogP contribution in [0.15, 0.2) is 30.3 Å². The van der Waals surface area contributed by atoms with Gasteiger partial charge in [0.25, 0.3) is 5.91 Å². The molecule has 0 aromatic heterocycles. The third-order valence-electron chi connectivity index (χ3n) is 3.37. The predicted molar refractivity (Wildman–Crippen MR) is 88.3 cm³/mol. The van der Waals surface area contributed by atoms with Gasteiger partial charge in [-0.15, -0.1) is 6.42 Å². The summed E-state index contributed by atoms with van der Waals surface area (Å²) in [5.41, 5.74) is 7.39. The van der Waals surface area contributed by atoms with Gasteiger partial charge in [0.1, 0.15) is 5.82 Å². The SMILES string of the molecule is C#Cc1c(Cl)cc(C(=O)N(C)OC)c(-c2cccc(F)c2)c1N. The van der Waals surface area contributed by atoms with E-state index in [0.717, 1.165) is 5.06 Å². The zero-order valence-corrected chi connectivity index (χ0v) is 13.3. The van der Waals surface area contributed by atoms with Crippen molar-refractivity contribution < 1.29 is 14.0 Å². The molecule has 0 aliphatic rings. The van der Waals surface area contributed by atoms with Gasteiger partial charge < -0.3 is 5.73 Å². The molecular formula is C17H14ClFN2O2. The van der Waals surface area contributed by atoms with E-state index < -0.39 is 11.7 Å². The van der Waals surface area contributed by atoms with Crippen molar-refractivity contribution in [1.82, 2.24) is 5.06 Å². The predicted octanol–water partition coefficient (Wildman–Crippen LogP) is 3.34. The Labute approximate surface area is 138 Å². The lowest BCUT2D eigenvalue weighted by atomic mass is 9.94. The number of rotatable bonds is 3. The molecule has 4 nitrogen and oxygen atoms in total. The van der Waals surface area contributed by atoms with E-state index in [0.29, 0.717) is 11.1 Å². The maximum Gasteiger partial charge on any atom is 0.277 e. The summed E-state index contributed by atoms with van der Waals surface area (Å²) in [7, 11) is 2.79. The van der Waals surface area contributed by atoms with Crippen LogP contribution in [0.1, 0.15) is 15.9 Å². The van der Waals surface area contributed by atoms with Crippen molar-refractivity contribution in [3.8, 4) is 23.5 Å². The fourth-order valence-corrected chi connectivity index (χ4v) is 2.46. The maximum absolute atomic E-state index is 13.6. The zero-order valence-electron chi connectivity index (χ0n) is 12.6. The number of halogens is 2. The van der Waals surface area contributed by atoms with Gasteiger partial charge in [-0.1, -0.05) is 29.7 Å². The Morgan fingerprint density at radius 3 is 2.70 bits per heavy atom. The van der Waals surface area contributed by atoms with Gasteiger partial charge in [-0.25, -0.2) is 9.45 Å². The normalized spacial score (nSPS) is 10.2. The Morgan fingerprint density at radius 1 is 1.43 bits per heavy atom. The molecule has 2 aromatic rings. The Morgan fingerprint density at radius 2 is 2.13 bits per heavy atom. The number of carbonyl (C=O) groups is 1. The highest BCUT2D eigenvalue weighted by molar-refractivity contribution is 6.33. The lowest BCUT2D eigenvalue weighted by Crippen LogP contribution is -2.26. The van der Waals surface area contributed by atoms with E-state index >= 15 is 0 Å². The Kier molecular flexibility index (Phi) is 4.89. The zero-order chi connectivity index (χ0) is 17.1. The number of nitrogens with zero attached hydrogens (tertiary/aromatic N) is 1. The van der Waals surface area contributed by atoms with Gasteiger partial charge in [-0.2, -0.15) is 0 Å². The highest BCUT2D eigenvalue weighted by atomic mass is 35.5. The van der Waals surface area contributed by atoms with Gasteiger partial charge in [0.15, 0.2) is 0 Å². The molecule has 0 unspecified atom stereocenters. The molecule has 118 valence electrons. The van der Waals surface area contributed by atoms with Crippen LogP contribution < -0.4 is 5.73 Å². The summed E-state index contributed by atoms with van der Waals surface area (Å²) in [6, 6.07) is 7.12. The third-order valence-corrected chi connectivity index (χ3v) is 3.66. The topological polar surface area (TPSA) is 55.6 Å². The van der Waals surface area contributed by atoms with Crippen molar-refractivity contribution in [2.45, 2.75) is 0 Å². The van der Waals surface area contributed by atoms with Gasteiger partial charge >= 0.3 is 0 Å². The number of hydrogen-bond donors (Lipinski definition) is 1. The monoisotopic (exact) mass is 332 g/mol. The first kappa shape index (κ1) is 16.8. The van der Waals surface area contributed by atoms with Crippen LogP contribution >= 0.6 is 11.6 Å². The minimum Gasteiger partial charge on any atom is -0.397 e. The van der Waals surface area contributed by atoms with Gasteiger partial charge in [0.2, 0.25) is 0 Å². The molecule has 0 aliphatic carbocycles. The van der Waals surface area contributed by atoms with E-state index in [1.165, 1.54) is 38.4 Å². The lowest BCUT2D eigenvalue weighted by Gasteiger charge is -2.19. The van der Waals surface area contributed by atoms with Crippen molar-refractivity contribution in [2.24, 2.45) is 0 Å². The molecule has 2 rings (SSSR count). The quantitative estimate of drug-likeness (QED) is 0.533. The van der Waals surface area contributed by atoms with Crippen molar-refractivity contribution >= 4 is 23.2 Å². The largest absolute Gasteiger partial charge is 0.397 e. The van der Waals surface area contributed by atoms with Crippen LogP contribution in [0.3, 0.4) is 0 Å². The number of hydroxylamine groups is 2. The van der Waals surface area contributed by atoms with Crippen LogP contribution in [0.5, 0.6) is 0 Å². The summed E-state index contributed by atoms with van der Waals surface area (Å²) >= 11 is 6.11. The Balaban J connectivity index is 2.81. The molecule has 0 heterocycles. The second kappa shape index (κ2) is 6.69. The van der Waals surface area contributed by atoms with E-state index in [1.54, 1.807) is 6.07 Å². The fourth-order valence-electron chi connectivity index (χ4n) is 2.19. The Bertz CT molecular complexity index is 815. The molecule has 0 saturated heterocycles. The molecule has 0 aliphatic heterocycles. The third kappa shape index (κ3) is 3.14. The molecule has 0 saturated carbocycles. The number of terminal acetylenes is 1. The van der Waals surface area contributed by atoms with Gasteiger partial charge in [-0.05, 0) is 23.8 Å². The number of hydrogen-bond acceptors (Lipinski definition) is 3. The summed E-state index contributed by atoms with van der Waals surface area (Å²) in [5.74, 6) is 1.45. The van der Waals surface area contributed by atoms with E-state index in [-0.39, 0.29) is 21.8 Å². The summed E-state index contributed by atoms with van der Waals surface area (Å²) in [4.78, 5) is 17.4. The first-order chi connectivity index (χ1) is 10.9. The molecule has 2 N–H and O–H groups in total. The fraction of sp³-hybridized carbons (Fsp3) is 0.118. The summed E-state index contributed by atoms with van der Waals surface area (Å²) < 4.78 is 13.6. The molecule has 0 fully saturated rings. The molecule has 0 bridgehead atoms. The first-order valence-electron chi connectivity index (χ1n) is 6.57. The van der Waals surface area contributed by atoms with E-state index in [4.69, 9.17) is 28.6 Å². The molecule has 2 aromatic carbocycles. The van der Waals surface area contributed by atoms with Crippen molar-refractivity contribution in [3.05, 3.63) is 52.3 Å². The van der Waals surface area contributed by atoms with Gasteiger partial charge in [-0.3, -0.25) is 9.63 Å². The van der Waals surface area contributed by atoms with Crippen LogP contribution in [-0.4, -0.2) is 25.1 Å². The second-order valence-electron chi connectivity index (χ2n) is 4.71. The summed E-state index contributed by atoms with van der Waals surface area (Å²) in [6.07, 6.45) is 5.43. The standard InChI is InChI=1S/C17H14ClFN2O2/c1-4-12-14(18)9-13(17(22)21(2)23-3)15(16(12)20)10-6-5-7-11(19)8-10/h1,5-9H,20H2,2-3H3. The molecule has 6 heteroatoms. The lowest BCUT2D eigenvalue weighted by molar-refractivity contribution is -0.0756.